The van der Waals surface area contributed by atoms with Gasteiger partial charge in [0.1, 0.15) is 0 Å². The van der Waals surface area contributed by atoms with Crippen molar-refractivity contribution in [2.24, 2.45) is 5.73 Å². The smallest absolute Gasteiger partial charge is 0.330 e. The van der Waals surface area contributed by atoms with E-state index in [1.165, 1.54) is 0 Å². The topological polar surface area (TPSA) is 120 Å². The number of aromatic nitrogens is 3. The maximum absolute atomic E-state index is 11.2. The van der Waals surface area contributed by atoms with E-state index in [1.807, 2.05) is 5.10 Å². The molecule has 0 bridgehead atoms. The maximum Gasteiger partial charge on any atom is 0.330 e. The lowest BCUT2D eigenvalue weighted by molar-refractivity contribution is -0.142. The van der Waals surface area contributed by atoms with Crippen LogP contribution in [0.2, 0.25) is 0 Å². The Hall–Kier alpha value is -1.96. The van der Waals surface area contributed by atoms with Crippen molar-refractivity contribution in [2.45, 2.75) is 13.0 Å². The summed E-state index contributed by atoms with van der Waals surface area (Å²) in [5.74, 6) is -0.514. The molecule has 0 fully saturated rings. The molecule has 87 valence electrons. The van der Waals surface area contributed by atoms with E-state index in [1.54, 1.807) is 0 Å². The highest BCUT2D eigenvalue weighted by Crippen LogP contribution is 1.86. The van der Waals surface area contributed by atoms with Gasteiger partial charge in [0, 0.05) is 6.54 Å². The molecule has 0 saturated heterocycles. The van der Waals surface area contributed by atoms with Crippen LogP contribution in [0.15, 0.2) is 9.59 Å². The van der Waals surface area contributed by atoms with Gasteiger partial charge in [0.2, 0.25) is 6.33 Å². The standard InChI is InChI=1S/C8H11N4O4/c9-4-6(13)16-3-1-2-12-5-10-11-7(14)8(12)15/h1-4,9H2,(H,11,14). The van der Waals surface area contributed by atoms with Gasteiger partial charge in [-0.2, -0.15) is 5.10 Å². The zero-order valence-corrected chi connectivity index (χ0v) is 8.43. The monoisotopic (exact) mass is 227 g/mol. The SMILES string of the molecule is NCC(=O)OCCCn1[c]n[nH]c(=O)c1=O. The second kappa shape index (κ2) is 5.81. The first-order valence-corrected chi connectivity index (χ1v) is 4.58. The summed E-state index contributed by atoms with van der Waals surface area (Å²) >= 11 is 0. The zero-order valence-electron chi connectivity index (χ0n) is 8.43. The van der Waals surface area contributed by atoms with Crippen LogP contribution < -0.4 is 16.9 Å². The minimum absolute atomic E-state index is 0.128. The van der Waals surface area contributed by atoms with Crippen LogP contribution in [0.25, 0.3) is 0 Å². The highest BCUT2D eigenvalue weighted by Gasteiger charge is 2.02. The van der Waals surface area contributed by atoms with Gasteiger partial charge < -0.3 is 10.5 Å². The predicted octanol–water partition coefficient (Wildman–Crippen LogP) is -2.38. The Bertz CT molecular complexity index is 464. The Balaban J connectivity index is 2.44. The summed E-state index contributed by atoms with van der Waals surface area (Å²) in [7, 11) is 0. The Morgan fingerprint density at radius 2 is 2.31 bits per heavy atom. The number of nitrogens with one attached hydrogen (secondary N) is 1. The average molecular weight is 227 g/mol. The van der Waals surface area contributed by atoms with Crippen molar-refractivity contribution in [3.63, 3.8) is 0 Å². The molecular weight excluding hydrogens is 216 g/mol. The molecule has 16 heavy (non-hydrogen) atoms. The molecule has 0 aliphatic carbocycles. The molecule has 8 nitrogen and oxygen atoms in total. The van der Waals surface area contributed by atoms with Crippen molar-refractivity contribution in [3.8, 4) is 0 Å². The first-order chi connectivity index (χ1) is 7.65. The first kappa shape index (κ1) is 12.1. The Kier molecular flexibility index (Phi) is 4.40. The van der Waals surface area contributed by atoms with Crippen molar-refractivity contribution in [3.05, 3.63) is 27.0 Å². The van der Waals surface area contributed by atoms with E-state index in [4.69, 9.17) is 5.73 Å². The molecule has 0 spiro atoms. The number of nitrogens with zero attached hydrogens (tertiary/aromatic N) is 2. The van der Waals surface area contributed by atoms with Gasteiger partial charge in [-0.05, 0) is 6.42 Å². The number of carbonyl (C=O) groups is 1. The predicted molar refractivity (Wildman–Crippen MR) is 52.6 cm³/mol. The van der Waals surface area contributed by atoms with Gasteiger partial charge in [-0.15, -0.1) is 0 Å². The molecule has 0 atom stereocenters. The molecule has 0 amide bonds. The first-order valence-electron chi connectivity index (χ1n) is 4.58. The molecule has 0 aromatic carbocycles. The minimum atomic E-state index is -0.808. The van der Waals surface area contributed by atoms with E-state index in [0.29, 0.717) is 6.42 Å². The van der Waals surface area contributed by atoms with Gasteiger partial charge >= 0.3 is 17.1 Å². The number of carbonyl (C=O) groups excluding carboxylic acids is 1. The van der Waals surface area contributed by atoms with E-state index in [2.05, 4.69) is 16.2 Å². The fourth-order valence-electron chi connectivity index (χ4n) is 0.971. The molecule has 0 unspecified atom stereocenters. The lowest BCUT2D eigenvalue weighted by atomic mass is 10.4. The molecule has 1 aromatic rings. The summed E-state index contributed by atoms with van der Waals surface area (Å²) in [6.07, 6.45) is 2.70. The Morgan fingerprint density at radius 1 is 1.56 bits per heavy atom. The van der Waals surface area contributed by atoms with Gasteiger partial charge in [-0.1, -0.05) is 0 Å². The molecule has 0 aliphatic rings. The number of hydrogen-bond acceptors (Lipinski definition) is 6. The maximum atomic E-state index is 11.2. The van der Waals surface area contributed by atoms with Gasteiger partial charge in [0.15, 0.2) is 0 Å². The molecule has 1 heterocycles. The van der Waals surface area contributed by atoms with Gasteiger partial charge in [0.25, 0.3) is 0 Å². The Morgan fingerprint density at radius 3 is 3.00 bits per heavy atom. The van der Waals surface area contributed by atoms with Crippen molar-refractivity contribution < 1.29 is 9.53 Å². The third-order valence-corrected chi connectivity index (χ3v) is 1.72. The summed E-state index contributed by atoms with van der Waals surface area (Å²) in [6, 6.07) is 0. The molecular formula is C8H11N4O4. The second-order valence-electron chi connectivity index (χ2n) is 2.89. The van der Waals surface area contributed by atoms with Crippen LogP contribution in [-0.2, 0) is 16.1 Å². The molecule has 1 rings (SSSR count). The summed E-state index contributed by atoms with van der Waals surface area (Å²) < 4.78 is 5.71. The summed E-state index contributed by atoms with van der Waals surface area (Å²) in [6.45, 7) is 0.148. The second-order valence-corrected chi connectivity index (χ2v) is 2.89. The minimum Gasteiger partial charge on any atom is -0.465 e. The zero-order chi connectivity index (χ0) is 12.0. The van der Waals surface area contributed by atoms with E-state index in [-0.39, 0.29) is 19.7 Å². The number of ether oxygens (including phenoxy) is 1. The van der Waals surface area contributed by atoms with E-state index in [9.17, 15) is 14.4 Å². The Labute approximate surface area is 90.0 Å². The van der Waals surface area contributed by atoms with Crippen LogP contribution in [0, 0.1) is 6.33 Å². The number of nitrogens with two attached hydrogens (primary N) is 1. The van der Waals surface area contributed by atoms with E-state index >= 15 is 0 Å². The number of aromatic amines is 1. The molecule has 0 saturated carbocycles. The lowest BCUT2D eigenvalue weighted by Gasteiger charge is -2.03. The number of hydrogen-bond donors (Lipinski definition) is 2. The fraction of sp³-hybridized carbons (Fsp3) is 0.500. The number of H-pyrrole nitrogens is 1. The van der Waals surface area contributed by atoms with Crippen molar-refractivity contribution in [2.75, 3.05) is 13.2 Å². The van der Waals surface area contributed by atoms with Crippen LogP contribution in [0.1, 0.15) is 6.42 Å². The summed E-state index contributed by atoms with van der Waals surface area (Å²) in [4.78, 5) is 32.7. The fourth-order valence-corrected chi connectivity index (χ4v) is 0.971. The molecule has 1 aromatic heterocycles. The highest BCUT2D eigenvalue weighted by atomic mass is 16.5. The quantitative estimate of drug-likeness (QED) is 0.329. The van der Waals surface area contributed by atoms with Crippen LogP contribution in [-0.4, -0.2) is 33.9 Å². The summed E-state index contributed by atoms with van der Waals surface area (Å²) in [5.41, 5.74) is 3.47. The third kappa shape index (κ3) is 3.31. The van der Waals surface area contributed by atoms with Crippen LogP contribution in [0.3, 0.4) is 0 Å². The van der Waals surface area contributed by atoms with Gasteiger partial charge in [0.05, 0.1) is 13.2 Å². The number of aryl methyl sites for hydroxylation is 1. The van der Waals surface area contributed by atoms with Gasteiger partial charge in [-0.3, -0.25) is 19.0 Å². The number of esters is 1. The van der Waals surface area contributed by atoms with E-state index in [0.717, 1.165) is 4.57 Å². The third-order valence-electron chi connectivity index (χ3n) is 1.72. The molecule has 8 heteroatoms. The largest absolute Gasteiger partial charge is 0.465 e. The highest BCUT2D eigenvalue weighted by molar-refractivity contribution is 5.71. The molecule has 1 radical (unpaired) electrons. The van der Waals surface area contributed by atoms with Crippen LogP contribution in [0.4, 0.5) is 0 Å². The normalized spacial score (nSPS) is 10.1. The van der Waals surface area contributed by atoms with Crippen molar-refractivity contribution in [1.29, 1.82) is 0 Å². The van der Waals surface area contributed by atoms with E-state index < -0.39 is 17.1 Å². The van der Waals surface area contributed by atoms with Crippen LogP contribution in [0.5, 0.6) is 0 Å². The number of rotatable bonds is 5. The van der Waals surface area contributed by atoms with Crippen molar-refractivity contribution >= 4 is 5.97 Å². The average Bonchev–Trinajstić information content (AvgIpc) is 2.29. The summed E-state index contributed by atoms with van der Waals surface area (Å²) in [5, 5.41) is 5.31. The molecule has 0 aliphatic heterocycles. The lowest BCUT2D eigenvalue weighted by Crippen LogP contribution is -2.37. The van der Waals surface area contributed by atoms with Crippen molar-refractivity contribution in [1.82, 2.24) is 14.8 Å². The van der Waals surface area contributed by atoms with Crippen LogP contribution >= 0.6 is 0 Å². The molecule has 3 N–H and O–H groups in total. The van der Waals surface area contributed by atoms with Gasteiger partial charge in [-0.25, -0.2) is 5.10 Å².